The van der Waals surface area contributed by atoms with Crippen molar-refractivity contribution in [2.75, 3.05) is 6.61 Å². The Kier molecular flexibility index (Phi) is 6.22. The molecule has 5 heteroatoms. The van der Waals surface area contributed by atoms with Crippen molar-refractivity contribution in [3.05, 3.63) is 96.1 Å². The number of carbonyl (C=O) groups excluding carboxylic acids is 1. The Morgan fingerprint density at radius 1 is 0.789 bits per heavy atom. The molecule has 3 atom stereocenters. The van der Waals surface area contributed by atoms with E-state index in [1.54, 1.807) is 0 Å². The maximum Gasteiger partial charge on any atom is 0.338 e. The van der Waals surface area contributed by atoms with Gasteiger partial charge in [0.25, 0.3) is 0 Å². The third-order valence-electron chi connectivity index (χ3n) is 7.85. The molecular formula is C33H32N2O3. The lowest BCUT2D eigenvalue weighted by molar-refractivity contribution is 0.0420. The number of nitrogens with zero attached hydrogens (tertiary/aromatic N) is 2. The van der Waals surface area contributed by atoms with E-state index in [0.29, 0.717) is 41.7 Å². The van der Waals surface area contributed by atoms with Gasteiger partial charge in [0.2, 0.25) is 11.8 Å². The van der Waals surface area contributed by atoms with Crippen LogP contribution in [0.3, 0.4) is 0 Å². The smallest absolute Gasteiger partial charge is 0.338 e. The number of fused-ring (bicyclic) bond motifs is 2. The monoisotopic (exact) mass is 504 g/mol. The molecule has 6 rings (SSSR count). The first-order valence-corrected chi connectivity index (χ1v) is 13.3. The standard InChI is InChI=1S/C33H32N2O3/c1-33(2,3)29-16-14-25(15-17-29)31-35-34-30(38-31)24-10-6-22(7-11-24)23-8-12-26(13-9-23)32(36)37-20-28-19-21-4-5-27(28)18-21/h4-17,21,27-28H,18-20H2,1-3H3. The molecule has 0 radical (unpaired) electrons. The number of aromatic nitrogens is 2. The van der Waals surface area contributed by atoms with Gasteiger partial charge >= 0.3 is 5.97 Å². The molecule has 1 fully saturated rings. The largest absolute Gasteiger partial charge is 0.462 e. The molecule has 1 saturated carbocycles. The average Bonchev–Trinajstić information content (AvgIpc) is 3.70. The minimum atomic E-state index is -0.251. The first-order valence-electron chi connectivity index (χ1n) is 13.3. The highest BCUT2D eigenvalue weighted by molar-refractivity contribution is 5.90. The predicted octanol–water partition coefficient (Wildman–Crippen LogP) is 7.74. The van der Waals surface area contributed by atoms with Gasteiger partial charge in [-0.2, -0.15) is 0 Å². The van der Waals surface area contributed by atoms with Crippen LogP contribution >= 0.6 is 0 Å². The zero-order valence-corrected chi connectivity index (χ0v) is 22.1. The van der Waals surface area contributed by atoms with E-state index in [1.807, 2.05) is 60.7 Å². The Balaban J connectivity index is 1.09. The number of carbonyl (C=O) groups is 1. The minimum absolute atomic E-state index is 0.0939. The second-order valence-corrected chi connectivity index (χ2v) is 11.5. The molecule has 2 aliphatic rings. The van der Waals surface area contributed by atoms with Crippen LogP contribution in [0.25, 0.3) is 34.0 Å². The van der Waals surface area contributed by atoms with E-state index in [9.17, 15) is 4.79 Å². The molecule has 1 heterocycles. The van der Waals surface area contributed by atoms with Crippen LogP contribution in [-0.2, 0) is 10.2 Å². The number of allylic oxidation sites excluding steroid dienone is 2. The van der Waals surface area contributed by atoms with Gasteiger partial charge < -0.3 is 9.15 Å². The van der Waals surface area contributed by atoms with Gasteiger partial charge in [0.1, 0.15) is 0 Å². The molecule has 192 valence electrons. The van der Waals surface area contributed by atoms with Gasteiger partial charge in [-0.1, -0.05) is 69.3 Å². The molecule has 3 unspecified atom stereocenters. The minimum Gasteiger partial charge on any atom is -0.462 e. The van der Waals surface area contributed by atoms with E-state index < -0.39 is 0 Å². The van der Waals surface area contributed by atoms with E-state index in [4.69, 9.17) is 9.15 Å². The molecule has 5 nitrogen and oxygen atoms in total. The number of hydrogen-bond acceptors (Lipinski definition) is 5. The third kappa shape index (κ3) is 4.93. The van der Waals surface area contributed by atoms with Crippen LogP contribution < -0.4 is 0 Å². The fourth-order valence-corrected chi connectivity index (χ4v) is 5.53. The highest BCUT2D eigenvalue weighted by Crippen LogP contribution is 2.43. The Hall–Kier alpha value is -3.99. The number of hydrogen-bond donors (Lipinski definition) is 0. The maximum atomic E-state index is 12.6. The summed E-state index contributed by atoms with van der Waals surface area (Å²) in [5, 5.41) is 8.50. The van der Waals surface area contributed by atoms with Crippen LogP contribution in [0, 0.1) is 17.8 Å². The Morgan fingerprint density at radius 2 is 1.34 bits per heavy atom. The van der Waals surface area contributed by atoms with Crippen molar-refractivity contribution in [3.8, 4) is 34.0 Å². The number of ether oxygens (including phenoxy) is 1. The molecule has 1 aromatic heterocycles. The van der Waals surface area contributed by atoms with Crippen LogP contribution in [0.1, 0.15) is 49.5 Å². The van der Waals surface area contributed by atoms with Crippen molar-refractivity contribution < 1.29 is 13.9 Å². The van der Waals surface area contributed by atoms with E-state index in [-0.39, 0.29) is 11.4 Å². The predicted molar refractivity (Wildman–Crippen MR) is 148 cm³/mol. The van der Waals surface area contributed by atoms with Crippen molar-refractivity contribution in [2.24, 2.45) is 17.8 Å². The van der Waals surface area contributed by atoms with Gasteiger partial charge in [-0.25, -0.2) is 4.79 Å². The molecule has 0 saturated heterocycles. The summed E-state index contributed by atoms with van der Waals surface area (Å²) < 4.78 is 11.6. The van der Waals surface area contributed by atoms with Crippen LogP contribution in [-0.4, -0.2) is 22.8 Å². The topological polar surface area (TPSA) is 65.2 Å². The molecule has 0 aliphatic heterocycles. The third-order valence-corrected chi connectivity index (χ3v) is 7.85. The van der Waals surface area contributed by atoms with Crippen LogP contribution in [0.4, 0.5) is 0 Å². The Morgan fingerprint density at radius 3 is 1.87 bits per heavy atom. The van der Waals surface area contributed by atoms with Crippen LogP contribution in [0.2, 0.25) is 0 Å². The fraction of sp³-hybridized carbons (Fsp3) is 0.303. The SMILES string of the molecule is CC(C)(C)c1ccc(-c2nnc(-c3ccc(-c4ccc(C(=O)OCC5CC6C=CC5C6)cc4)cc3)o2)cc1. The van der Waals surface area contributed by atoms with Gasteiger partial charge in [-0.3, -0.25) is 0 Å². The van der Waals surface area contributed by atoms with Crippen molar-refractivity contribution in [3.63, 3.8) is 0 Å². The summed E-state index contributed by atoms with van der Waals surface area (Å²) in [5.41, 5.74) is 5.76. The van der Waals surface area contributed by atoms with Gasteiger partial charge in [-0.05, 0) is 89.1 Å². The number of esters is 1. The van der Waals surface area contributed by atoms with E-state index in [0.717, 1.165) is 28.7 Å². The normalized spacial score (nSPS) is 20.1. The lowest BCUT2D eigenvalue weighted by atomic mass is 9.87. The second-order valence-electron chi connectivity index (χ2n) is 11.5. The first kappa shape index (κ1) is 24.4. The van der Waals surface area contributed by atoms with E-state index in [2.05, 4.69) is 55.3 Å². The highest BCUT2D eigenvalue weighted by atomic mass is 16.5. The summed E-state index contributed by atoms with van der Waals surface area (Å²) in [6, 6.07) is 23.8. The van der Waals surface area contributed by atoms with E-state index >= 15 is 0 Å². The molecule has 0 N–H and O–H groups in total. The summed E-state index contributed by atoms with van der Waals surface area (Å²) in [7, 11) is 0. The van der Waals surface area contributed by atoms with Gasteiger partial charge in [-0.15, -0.1) is 10.2 Å². The quantitative estimate of drug-likeness (QED) is 0.198. The van der Waals surface area contributed by atoms with Crippen LogP contribution in [0.5, 0.6) is 0 Å². The molecule has 2 bridgehead atoms. The van der Waals surface area contributed by atoms with E-state index in [1.165, 1.54) is 12.0 Å². The second kappa shape index (κ2) is 9.71. The molecule has 0 amide bonds. The highest BCUT2D eigenvalue weighted by Gasteiger charge is 2.36. The molecular weight excluding hydrogens is 472 g/mol. The molecule has 3 aromatic carbocycles. The van der Waals surface area contributed by atoms with Crippen molar-refractivity contribution in [1.82, 2.24) is 10.2 Å². The summed E-state index contributed by atoms with van der Waals surface area (Å²) in [4.78, 5) is 12.6. The lowest BCUT2D eigenvalue weighted by Gasteiger charge is -2.18. The molecule has 0 spiro atoms. The molecule has 38 heavy (non-hydrogen) atoms. The maximum absolute atomic E-state index is 12.6. The zero-order valence-electron chi connectivity index (χ0n) is 22.1. The Labute approximate surface area is 223 Å². The van der Waals surface area contributed by atoms with Gasteiger partial charge in [0.15, 0.2) is 0 Å². The summed E-state index contributed by atoms with van der Waals surface area (Å²) in [6.07, 6.45) is 6.95. The lowest BCUT2D eigenvalue weighted by Crippen LogP contribution is -2.17. The zero-order chi connectivity index (χ0) is 26.3. The van der Waals surface area contributed by atoms with Crippen molar-refractivity contribution in [1.29, 1.82) is 0 Å². The average molecular weight is 505 g/mol. The summed E-state index contributed by atoms with van der Waals surface area (Å²) in [6.45, 7) is 7.08. The van der Waals surface area contributed by atoms with Crippen LogP contribution in [0.15, 0.2) is 89.4 Å². The number of benzene rings is 3. The Bertz CT molecular complexity index is 1460. The van der Waals surface area contributed by atoms with Crippen molar-refractivity contribution in [2.45, 2.75) is 39.0 Å². The molecule has 4 aromatic rings. The van der Waals surface area contributed by atoms with Gasteiger partial charge in [0.05, 0.1) is 12.2 Å². The first-order chi connectivity index (χ1) is 18.3. The number of rotatable bonds is 6. The van der Waals surface area contributed by atoms with Gasteiger partial charge in [0, 0.05) is 11.1 Å². The molecule has 2 aliphatic carbocycles. The fourth-order valence-electron chi connectivity index (χ4n) is 5.53. The van der Waals surface area contributed by atoms with Crippen molar-refractivity contribution >= 4 is 5.97 Å². The summed E-state index contributed by atoms with van der Waals surface area (Å²) in [5.74, 6) is 2.47. The summed E-state index contributed by atoms with van der Waals surface area (Å²) >= 11 is 0.